The first-order chi connectivity index (χ1) is 22.8. The van der Waals surface area contributed by atoms with E-state index in [0.717, 1.165) is 11.5 Å². The standard InChI is InChI=1S/C13H11O.C7H5O2.C7H7.4C2H6.3CH2O2.4Y/c1-11-7-9-13(10-8-11)14-12-5-3-2-4-6-12;8-7(9)6-4-2-1-3-5-6;1-7-5-3-2-4-6-7;4*1-2;3*2-1-3;;;;/h3-10H,1H3;2-5H,(H,8,9);2-3,5-6H,1H3;4*1-2H3;3*1H,(H,2,3);;;;/q3*-1;;;;;;;;;;;. The second-order valence-electron chi connectivity index (χ2n) is 6.64. The Balaban J connectivity index is -0.0000000505. The molecular weight excluding hydrogens is 956 g/mol. The molecule has 0 fully saturated rings. The Morgan fingerprint density at radius 1 is 0.529 bits per heavy atom. The van der Waals surface area contributed by atoms with E-state index in [1.54, 1.807) is 12.1 Å². The van der Waals surface area contributed by atoms with Crippen molar-refractivity contribution in [3.05, 3.63) is 132 Å². The molecule has 0 unspecified atom stereocenters. The second-order valence-corrected chi connectivity index (χ2v) is 6.64. The Labute approximate surface area is 407 Å². The van der Waals surface area contributed by atoms with Crippen molar-refractivity contribution in [3.8, 4) is 11.5 Å². The first-order valence-electron chi connectivity index (χ1n) is 14.9. The summed E-state index contributed by atoms with van der Waals surface area (Å²) in [5, 5.41) is 29.0. The third-order valence-corrected chi connectivity index (χ3v) is 3.77. The van der Waals surface area contributed by atoms with E-state index < -0.39 is 5.97 Å². The van der Waals surface area contributed by atoms with Gasteiger partial charge in [0.25, 0.3) is 19.4 Å². The minimum atomic E-state index is -0.899. The molecule has 0 amide bonds. The first-order valence-corrected chi connectivity index (χ1v) is 14.9. The predicted octanol–water partition coefficient (Wildman–Crippen LogP) is 9.76. The van der Waals surface area contributed by atoms with E-state index in [2.05, 4.69) is 38.1 Å². The quantitative estimate of drug-likeness (QED) is 0.116. The summed E-state index contributed by atoms with van der Waals surface area (Å²) in [5.41, 5.74) is 2.80. The van der Waals surface area contributed by atoms with Crippen LogP contribution < -0.4 is 4.74 Å². The van der Waals surface area contributed by atoms with E-state index in [0.29, 0.717) is 5.56 Å². The van der Waals surface area contributed by atoms with Gasteiger partial charge in [0, 0.05) is 137 Å². The molecule has 0 saturated carbocycles. The van der Waals surface area contributed by atoms with Crippen LogP contribution in [0.2, 0.25) is 0 Å². The van der Waals surface area contributed by atoms with Crippen molar-refractivity contribution in [3.63, 3.8) is 0 Å². The fourth-order valence-corrected chi connectivity index (χ4v) is 2.19. The molecule has 0 aliphatic rings. The molecule has 0 aliphatic carbocycles. The normalized spacial score (nSPS) is 6.63. The summed E-state index contributed by atoms with van der Waals surface area (Å²) < 4.78 is 5.61. The molecule has 4 rings (SSSR count). The van der Waals surface area contributed by atoms with Gasteiger partial charge in [0.15, 0.2) is 0 Å². The zero-order valence-electron chi connectivity index (χ0n) is 31.6. The minimum absolute atomic E-state index is 0. The van der Waals surface area contributed by atoms with Gasteiger partial charge in [-0.1, -0.05) is 80.0 Å². The molecule has 4 N–H and O–H groups in total. The van der Waals surface area contributed by atoms with E-state index in [4.69, 9.17) is 39.5 Å². The maximum absolute atomic E-state index is 10.2. The Morgan fingerprint density at radius 3 is 1.12 bits per heavy atom. The predicted molar refractivity (Wildman–Crippen MR) is 190 cm³/mol. The van der Waals surface area contributed by atoms with Crippen molar-refractivity contribution < 1.29 is 175 Å². The zero-order chi connectivity index (χ0) is 37.7. The third kappa shape index (κ3) is 64.4. The van der Waals surface area contributed by atoms with Crippen LogP contribution in [0.4, 0.5) is 0 Å². The van der Waals surface area contributed by atoms with Crippen LogP contribution in [-0.4, -0.2) is 45.8 Å². The number of ether oxygens (including phenoxy) is 1. The van der Waals surface area contributed by atoms with Crippen molar-refractivity contribution in [1.29, 1.82) is 0 Å². The number of aryl methyl sites for hydroxylation is 2. The topological polar surface area (TPSA) is 158 Å². The van der Waals surface area contributed by atoms with Gasteiger partial charge in [-0.3, -0.25) is 14.4 Å². The molecule has 4 radical (unpaired) electrons. The smallest absolute Gasteiger partial charge is 0.311 e. The summed E-state index contributed by atoms with van der Waals surface area (Å²) in [4.78, 5) is 35.3. The maximum atomic E-state index is 10.2. The molecule has 0 saturated heterocycles. The number of carbonyl (C=O) groups is 4. The van der Waals surface area contributed by atoms with Gasteiger partial charge in [0.1, 0.15) is 5.75 Å². The summed E-state index contributed by atoms with van der Waals surface area (Å²) in [7, 11) is 0. The Hall–Kier alpha value is -1.02. The van der Waals surface area contributed by atoms with E-state index in [1.165, 1.54) is 23.3 Å². The summed E-state index contributed by atoms with van der Waals surface area (Å²) >= 11 is 0. The van der Waals surface area contributed by atoms with E-state index >= 15 is 0 Å². The SMILES string of the molecule is CC.CC.CC.CC.Cc1c[c-]ccc1.Cc1ccc(Oc2cc[c-]cc2)cc1.O=C(O)c1cc[c-]cc1.O=CO.O=CO.O=CO.[Y].[Y].[Y].[Y]. The number of carboxylic acids is 1. The number of carboxylic acid groups (broad SMARTS) is 4. The second kappa shape index (κ2) is 70.5. The summed E-state index contributed by atoms with van der Waals surface area (Å²) in [5.74, 6) is 0.804. The van der Waals surface area contributed by atoms with Crippen molar-refractivity contribution >= 4 is 25.4 Å². The molecule has 4 aromatic rings. The van der Waals surface area contributed by atoms with E-state index in [-0.39, 0.29) is 150 Å². The molecular formula is C38H53O9Y4-3. The molecule has 0 atom stereocenters. The number of hydrogen-bond acceptors (Lipinski definition) is 5. The number of hydrogen-bond donors (Lipinski definition) is 4. The summed E-state index contributed by atoms with van der Waals surface area (Å²) in [6, 6.07) is 38.1. The molecule has 9 nitrogen and oxygen atoms in total. The molecule has 13 heteroatoms. The number of benzene rings is 4. The Kier molecular flexibility index (Phi) is 104. The van der Waals surface area contributed by atoms with Gasteiger partial charge >= 0.3 is 5.97 Å². The summed E-state index contributed by atoms with van der Waals surface area (Å²) in [6.07, 6.45) is 0. The van der Waals surface area contributed by atoms with Gasteiger partial charge in [-0.25, -0.2) is 4.79 Å². The average Bonchev–Trinajstić information content (AvgIpc) is 3.12. The third-order valence-electron chi connectivity index (χ3n) is 3.77. The van der Waals surface area contributed by atoms with Crippen molar-refractivity contribution in [2.75, 3.05) is 0 Å². The first kappa shape index (κ1) is 75.0. The minimum Gasteiger partial charge on any atom is -0.483 e. The van der Waals surface area contributed by atoms with E-state index in [1.807, 2.05) is 122 Å². The van der Waals surface area contributed by atoms with Crippen LogP contribution in [0.1, 0.15) is 76.9 Å². The van der Waals surface area contributed by atoms with Crippen LogP contribution in [0.25, 0.3) is 0 Å². The average molecular weight is 1010 g/mol. The van der Waals surface area contributed by atoms with Gasteiger partial charge in [-0.15, -0.1) is 12.1 Å². The van der Waals surface area contributed by atoms with Gasteiger partial charge in [-0.05, 0) is 24.6 Å². The Morgan fingerprint density at radius 2 is 0.863 bits per heavy atom. The van der Waals surface area contributed by atoms with Gasteiger partial charge in [-0.2, -0.15) is 84.4 Å². The molecule has 0 heterocycles. The van der Waals surface area contributed by atoms with Crippen LogP contribution in [0.5, 0.6) is 11.5 Å². The molecule has 0 aliphatic heterocycles. The molecule has 51 heavy (non-hydrogen) atoms. The molecule has 0 aromatic heterocycles. The Bertz CT molecular complexity index is 1140. The molecule has 4 aromatic carbocycles. The van der Waals surface area contributed by atoms with Gasteiger partial charge in [0.05, 0.1) is 0 Å². The van der Waals surface area contributed by atoms with Crippen LogP contribution in [0, 0.1) is 32.0 Å². The fourth-order valence-electron chi connectivity index (χ4n) is 2.19. The fraction of sp³-hybridized carbons (Fsp3) is 0.263. The van der Waals surface area contributed by atoms with Crippen LogP contribution in [0.3, 0.4) is 0 Å². The molecule has 274 valence electrons. The summed E-state index contributed by atoms with van der Waals surface area (Å²) in [6.45, 7) is 19.4. The van der Waals surface area contributed by atoms with Gasteiger partial charge < -0.3 is 25.2 Å². The van der Waals surface area contributed by atoms with Crippen LogP contribution in [-0.2, 0) is 145 Å². The largest absolute Gasteiger partial charge is 0.483 e. The molecule has 0 bridgehead atoms. The van der Waals surface area contributed by atoms with Crippen LogP contribution >= 0.6 is 0 Å². The number of aromatic carboxylic acids is 1. The van der Waals surface area contributed by atoms with E-state index in [9.17, 15) is 4.79 Å². The molecule has 0 spiro atoms. The van der Waals surface area contributed by atoms with Gasteiger partial charge in [0.2, 0.25) is 0 Å². The maximum Gasteiger partial charge on any atom is 0.311 e. The van der Waals surface area contributed by atoms with Crippen molar-refractivity contribution in [2.24, 2.45) is 0 Å². The van der Waals surface area contributed by atoms with Crippen LogP contribution in [0.15, 0.2) is 97.1 Å². The van der Waals surface area contributed by atoms with Crippen molar-refractivity contribution in [2.45, 2.75) is 69.2 Å². The number of rotatable bonds is 3. The van der Waals surface area contributed by atoms with Crippen molar-refractivity contribution in [1.82, 2.24) is 0 Å². The zero-order valence-corrected chi connectivity index (χ0v) is 43.0. The monoisotopic (exact) mass is 1010 g/mol.